The first-order valence-electron chi connectivity index (χ1n) is 13.4. The van der Waals surface area contributed by atoms with E-state index in [1.54, 1.807) is 57.2 Å². The molecule has 1 saturated carbocycles. The highest BCUT2D eigenvalue weighted by Gasteiger charge is 2.81. The van der Waals surface area contributed by atoms with Crippen molar-refractivity contribution in [1.82, 2.24) is 0 Å². The molecule has 5 aliphatic rings. The van der Waals surface area contributed by atoms with Crippen molar-refractivity contribution in [3.05, 3.63) is 70.8 Å². The van der Waals surface area contributed by atoms with Gasteiger partial charge in [0.05, 0.1) is 46.0 Å². The summed E-state index contributed by atoms with van der Waals surface area (Å²) in [4.78, 5) is 73.0. The third-order valence-electron chi connectivity index (χ3n) is 9.30. The van der Waals surface area contributed by atoms with Crippen molar-refractivity contribution in [3.8, 4) is 0 Å². The van der Waals surface area contributed by atoms with Crippen LogP contribution in [-0.2, 0) is 28.7 Å². The van der Waals surface area contributed by atoms with Gasteiger partial charge in [-0.25, -0.2) is 14.6 Å². The van der Waals surface area contributed by atoms with Crippen molar-refractivity contribution >= 4 is 56.9 Å². The summed E-state index contributed by atoms with van der Waals surface area (Å²) < 4.78 is 4.01. The second kappa shape index (κ2) is 8.70. The first-order chi connectivity index (χ1) is 18.9. The number of ether oxygens (including phenoxy) is 1. The third kappa shape index (κ3) is 3.09. The molecule has 2 bridgehead atoms. The van der Waals surface area contributed by atoms with E-state index < -0.39 is 63.0 Å². The van der Waals surface area contributed by atoms with Crippen molar-refractivity contribution < 1.29 is 28.7 Å². The summed E-state index contributed by atoms with van der Waals surface area (Å²) in [7, 11) is 0. The molecule has 206 valence electrons. The maximum Gasteiger partial charge on any atom is 0.334 e. The lowest BCUT2D eigenvalue weighted by Crippen LogP contribution is -2.67. The van der Waals surface area contributed by atoms with Crippen molar-refractivity contribution in [2.75, 3.05) is 16.4 Å². The first-order valence-corrected chi connectivity index (χ1v) is 14.2. The minimum Gasteiger partial charge on any atom is -0.463 e. The Hall–Kier alpha value is -3.59. The molecule has 3 aliphatic carbocycles. The Morgan fingerprint density at radius 1 is 0.800 bits per heavy atom. The molecule has 2 saturated heterocycles. The predicted octanol–water partition coefficient (Wildman–Crippen LogP) is 4.26. The molecule has 9 heteroatoms. The van der Waals surface area contributed by atoms with Crippen LogP contribution in [0.25, 0.3) is 0 Å². The van der Waals surface area contributed by atoms with E-state index >= 15 is 0 Å². The normalized spacial score (nSPS) is 32.6. The Balaban J connectivity index is 1.60. The molecule has 0 aromatic heterocycles. The number of nitrogens with zero attached hydrogens (tertiary/aromatic N) is 2. The largest absolute Gasteiger partial charge is 0.463 e. The second-order valence-electron chi connectivity index (χ2n) is 11.4. The molecule has 0 radical (unpaired) electrons. The van der Waals surface area contributed by atoms with Gasteiger partial charge < -0.3 is 4.74 Å². The zero-order valence-corrected chi connectivity index (χ0v) is 24.4. The van der Waals surface area contributed by atoms with Crippen molar-refractivity contribution in [2.24, 2.45) is 29.1 Å². The fourth-order valence-electron chi connectivity index (χ4n) is 7.77. The molecule has 0 N–H and O–H groups in total. The smallest absolute Gasteiger partial charge is 0.334 e. The van der Waals surface area contributed by atoms with E-state index in [4.69, 9.17) is 4.74 Å². The molecule has 3 unspecified atom stereocenters. The predicted molar refractivity (Wildman–Crippen MR) is 150 cm³/mol. The van der Waals surface area contributed by atoms with Gasteiger partial charge in [0.25, 0.3) is 0 Å². The molecule has 7 rings (SSSR count). The van der Waals surface area contributed by atoms with Gasteiger partial charge >= 0.3 is 5.97 Å². The minimum absolute atomic E-state index is 0.0910. The maximum absolute atomic E-state index is 14.3. The zero-order chi connectivity index (χ0) is 28.9. The molecule has 8 nitrogen and oxygen atoms in total. The van der Waals surface area contributed by atoms with Crippen LogP contribution >= 0.6 is 15.9 Å². The second-order valence-corrected chi connectivity index (χ2v) is 12.7. The molecule has 2 aliphatic heterocycles. The van der Waals surface area contributed by atoms with Gasteiger partial charge in [0.2, 0.25) is 23.6 Å². The summed E-state index contributed by atoms with van der Waals surface area (Å²) >= 11 is 3.80. The van der Waals surface area contributed by atoms with Gasteiger partial charge in [-0.15, -0.1) is 0 Å². The highest BCUT2D eigenvalue weighted by molar-refractivity contribution is 9.10. The lowest BCUT2D eigenvalue weighted by molar-refractivity contribution is -0.152. The number of benzene rings is 2. The highest BCUT2D eigenvalue weighted by Crippen LogP contribution is 2.72. The van der Waals surface area contributed by atoms with E-state index in [0.29, 0.717) is 16.9 Å². The van der Waals surface area contributed by atoms with Gasteiger partial charge in [0.15, 0.2) is 0 Å². The number of carbonyl (C=O) groups excluding carboxylic acids is 5. The Morgan fingerprint density at radius 3 is 1.62 bits per heavy atom. The maximum atomic E-state index is 14.3. The van der Waals surface area contributed by atoms with E-state index in [9.17, 15) is 24.0 Å². The third-order valence-corrected chi connectivity index (χ3v) is 10.9. The van der Waals surface area contributed by atoms with Crippen LogP contribution in [0.15, 0.2) is 59.7 Å². The van der Waals surface area contributed by atoms with Crippen LogP contribution in [0.1, 0.15) is 31.9 Å². The number of imide groups is 2. The van der Waals surface area contributed by atoms with Gasteiger partial charge in [0, 0.05) is 11.0 Å². The van der Waals surface area contributed by atoms with Crippen LogP contribution in [-0.4, -0.2) is 40.5 Å². The Bertz CT molecular complexity index is 1490. The Morgan fingerprint density at radius 2 is 1.23 bits per heavy atom. The number of anilines is 2. The Labute approximate surface area is 240 Å². The number of allylic oxidation sites excluding steroid dienone is 1. The van der Waals surface area contributed by atoms with Crippen molar-refractivity contribution in [1.29, 1.82) is 0 Å². The molecule has 3 fully saturated rings. The quantitative estimate of drug-likeness (QED) is 0.294. The number of rotatable bonds is 4. The van der Waals surface area contributed by atoms with Crippen molar-refractivity contribution in [3.63, 3.8) is 0 Å². The van der Waals surface area contributed by atoms with E-state index in [0.717, 1.165) is 20.9 Å². The minimum atomic E-state index is -1.46. The lowest BCUT2D eigenvalue weighted by atomic mass is 9.43. The summed E-state index contributed by atoms with van der Waals surface area (Å²) in [6.07, 6.45) is 0. The Kier molecular flexibility index (Phi) is 5.79. The number of esters is 1. The monoisotopic (exact) mass is 604 g/mol. The van der Waals surface area contributed by atoms with Gasteiger partial charge in [0.1, 0.15) is 0 Å². The van der Waals surface area contributed by atoms with Crippen LogP contribution in [0.3, 0.4) is 0 Å². The topological polar surface area (TPSA) is 101 Å². The van der Waals surface area contributed by atoms with Gasteiger partial charge in [-0.1, -0.05) is 47.1 Å². The molecule has 4 amide bonds. The average Bonchev–Trinajstić information content (AvgIpc) is 3.33. The number of aryl methyl sites for hydroxylation is 2. The number of hydrogen-bond acceptors (Lipinski definition) is 6. The van der Waals surface area contributed by atoms with Crippen LogP contribution < -0.4 is 9.80 Å². The number of alkyl halides is 1. The highest BCUT2D eigenvalue weighted by atomic mass is 79.9. The fourth-order valence-corrected chi connectivity index (χ4v) is 8.89. The standard InChI is InChI=1S/C31H29BrN2O6/c1-6-40-29(39)20-17(4)31(32)23-21(25(35)33(27(23)37)18-11-7-9-15(2)13-18)30(20,5)22-24(31)28(38)34(26(22)36)19-12-8-10-16(3)14-19/h7-14,21-24H,6H2,1-5H3/t21-,22?,23-,24-,30?,31?/m0/s1. The van der Waals surface area contributed by atoms with Crippen molar-refractivity contribution in [2.45, 2.75) is 38.9 Å². The summed E-state index contributed by atoms with van der Waals surface area (Å²) in [6.45, 7) is 8.88. The van der Waals surface area contributed by atoms with Gasteiger partial charge in [-0.05, 0) is 68.7 Å². The fraction of sp³-hybridized carbons (Fsp3) is 0.387. The number of halogens is 1. The van der Waals surface area contributed by atoms with Crippen LogP contribution in [0, 0.1) is 42.9 Å². The average molecular weight is 605 g/mol. The SMILES string of the molecule is CCOC(=O)C1=C(C)C2(Br)[C@@H]3C(=O)N(c4cccc(C)c4)C(=O)C3C1(C)[C@@H]1C(=O)N(c3cccc(C)c3)C(=O)[C@H]12. The summed E-state index contributed by atoms with van der Waals surface area (Å²) in [5.74, 6) is -6.66. The number of hydrogen-bond donors (Lipinski definition) is 0. The van der Waals surface area contributed by atoms with E-state index in [-0.39, 0.29) is 12.2 Å². The summed E-state index contributed by atoms with van der Waals surface area (Å²) in [5, 5.41) is 0. The molecule has 2 aromatic carbocycles. The molecular weight excluding hydrogens is 576 g/mol. The molecule has 0 spiro atoms. The van der Waals surface area contributed by atoms with Gasteiger partial charge in [-0.3, -0.25) is 19.2 Å². The summed E-state index contributed by atoms with van der Waals surface area (Å²) in [6, 6.07) is 14.1. The number of amides is 4. The van der Waals surface area contributed by atoms with E-state index in [1.165, 1.54) is 0 Å². The van der Waals surface area contributed by atoms with Crippen LogP contribution in [0.2, 0.25) is 0 Å². The van der Waals surface area contributed by atoms with Crippen LogP contribution in [0.5, 0.6) is 0 Å². The molecule has 6 atom stereocenters. The van der Waals surface area contributed by atoms with Crippen LogP contribution in [0.4, 0.5) is 11.4 Å². The first kappa shape index (κ1) is 26.6. The molecule has 2 heterocycles. The lowest BCUT2D eigenvalue weighted by Gasteiger charge is -2.59. The van der Waals surface area contributed by atoms with E-state index in [2.05, 4.69) is 15.9 Å². The molecule has 2 aromatic rings. The van der Waals surface area contributed by atoms with Gasteiger partial charge in [-0.2, -0.15) is 0 Å². The molecule has 40 heavy (non-hydrogen) atoms. The molecular formula is C31H29BrN2O6. The van der Waals surface area contributed by atoms with E-state index in [1.807, 2.05) is 26.0 Å². The zero-order valence-electron chi connectivity index (χ0n) is 22.9. The number of carbonyl (C=O) groups is 5. The summed E-state index contributed by atoms with van der Waals surface area (Å²) in [5.41, 5.74) is 1.76.